The Morgan fingerprint density at radius 3 is 2.28 bits per heavy atom. The van der Waals surface area contributed by atoms with Crippen molar-refractivity contribution < 1.29 is 23.1 Å². The lowest BCUT2D eigenvalue weighted by Crippen LogP contribution is -2.35. The first-order valence-electron chi connectivity index (χ1n) is 9.91. The molecule has 1 N–H and O–H groups in total. The number of likely N-dealkylation sites (tertiary alicyclic amines) is 1. The van der Waals surface area contributed by atoms with Crippen LogP contribution in [0.4, 0.5) is 0 Å². The normalized spacial score (nSPS) is 18.7. The largest absolute Gasteiger partial charge is 0.507 e. The van der Waals surface area contributed by atoms with Crippen LogP contribution in [0.15, 0.2) is 59.3 Å². The van der Waals surface area contributed by atoms with Gasteiger partial charge in [-0.05, 0) is 50.0 Å². The van der Waals surface area contributed by atoms with Crippen LogP contribution in [0.1, 0.15) is 17.2 Å². The molecule has 2 aromatic rings. The van der Waals surface area contributed by atoms with Gasteiger partial charge >= 0.3 is 0 Å². The number of benzene rings is 1. The van der Waals surface area contributed by atoms with Crippen molar-refractivity contribution in [1.29, 1.82) is 0 Å². The summed E-state index contributed by atoms with van der Waals surface area (Å²) in [6.07, 6.45) is 3.14. The number of aliphatic hydroxyl groups excluding tert-OH is 1. The zero-order chi connectivity index (χ0) is 23.6. The van der Waals surface area contributed by atoms with Crippen molar-refractivity contribution >= 4 is 27.5 Å². The second kappa shape index (κ2) is 9.19. The highest BCUT2D eigenvalue weighted by Crippen LogP contribution is 2.39. The highest BCUT2D eigenvalue weighted by molar-refractivity contribution is 7.89. The summed E-state index contributed by atoms with van der Waals surface area (Å²) in [5.74, 6) is -1.85. The molecule has 1 aliphatic rings. The Kier molecular flexibility index (Phi) is 6.77. The third-order valence-corrected chi connectivity index (χ3v) is 7.06. The molecule has 9 nitrogen and oxygen atoms in total. The Hall–Kier alpha value is -3.08. The summed E-state index contributed by atoms with van der Waals surface area (Å²) in [4.78, 5) is 33.2. The van der Waals surface area contributed by atoms with Crippen LogP contribution in [0.25, 0.3) is 5.76 Å². The number of rotatable bonds is 7. The molecular weight excluding hydrogens is 432 g/mol. The van der Waals surface area contributed by atoms with Crippen molar-refractivity contribution in [2.75, 3.05) is 41.3 Å². The van der Waals surface area contributed by atoms with E-state index < -0.39 is 27.8 Å². The summed E-state index contributed by atoms with van der Waals surface area (Å²) in [5, 5.41) is 11.0. The van der Waals surface area contributed by atoms with E-state index in [2.05, 4.69) is 4.98 Å². The van der Waals surface area contributed by atoms with Crippen LogP contribution in [0.5, 0.6) is 0 Å². The van der Waals surface area contributed by atoms with Crippen LogP contribution >= 0.6 is 0 Å². The quantitative estimate of drug-likeness (QED) is 0.378. The van der Waals surface area contributed by atoms with E-state index in [4.69, 9.17) is 0 Å². The van der Waals surface area contributed by atoms with Gasteiger partial charge in [0.15, 0.2) is 0 Å². The molecule has 3 rings (SSSR count). The Morgan fingerprint density at radius 1 is 1.09 bits per heavy atom. The number of Topliss-reactive ketones (excluding diaryl/α,β-unsaturated/α-hetero) is 1. The van der Waals surface area contributed by atoms with Gasteiger partial charge in [0.05, 0.1) is 16.5 Å². The number of sulfonamides is 1. The minimum Gasteiger partial charge on any atom is -0.507 e. The molecule has 32 heavy (non-hydrogen) atoms. The van der Waals surface area contributed by atoms with E-state index >= 15 is 0 Å². The third kappa shape index (κ3) is 4.43. The molecule has 0 aliphatic carbocycles. The van der Waals surface area contributed by atoms with Crippen LogP contribution in [0.3, 0.4) is 0 Å². The number of aliphatic hydroxyl groups is 1. The van der Waals surface area contributed by atoms with Gasteiger partial charge in [-0.3, -0.25) is 14.6 Å². The molecule has 1 aliphatic heterocycles. The number of carbonyl (C=O) groups excluding carboxylic acids is 2. The monoisotopic (exact) mass is 458 g/mol. The number of nitrogens with zero attached hydrogens (tertiary/aromatic N) is 4. The molecule has 0 saturated carbocycles. The zero-order valence-corrected chi connectivity index (χ0v) is 19.2. The van der Waals surface area contributed by atoms with E-state index in [9.17, 15) is 23.1 Å². The summed E-state index contributed by atoms with van der Waals surface area (Å²) in [7, 11) is 2.92. The number of hydrogen-bond acceptors (Lipinski definition) is 7. The first kappa shape index (κ1) is 23.6. The van der Waals surface area contributed by atoms with Crippen molar-refractivity contribution in [1.82, 2.24) is 19.1 Å². The maximum Gasteiger partial charge on any atom is 0.295 e. The lowest BCUT2D eigenvalue weighted by molar-refractivity contribution is -0.140. The zero-order valence-electron chi connectivity index (χ0n) is 18.4. The fraction of sp³-hybridized carbons (Fsp3) is 0.318. The molecule has 1 aromatic carbocycles. The molecule has 1 amide bonds. The number of carbonyl (C=O) groups is 2. The fourth-order valence-electron chi connectivity index (χ4n) is 3.45. The van der Waals surface area contributed by atoms with E-state index in [1.807, 2.05) is 19.0 Å². The Balaban J connectivity index is 2.10. The number of amides is 1. The Bertz CT molecular complexity index is 1140. The van der Waals surface area contributed by atoms with Gasteiger partial charge in [0.2, 0.25) is 10.0 Å². The van der Waals surface area contributed by atoms with Gasteiger partial charge in [0.1, 0.15) is 5.76 Å². The second-order valence-corrected chi connectivity index (χ2v) is 10.0. The van der Waals surface area contributed by atoms with E-state index in [1.165, 1.54) is 43.3 Å². The molecule has 2 heterocycles. The fourth-order valence-corrected chi connectivity index (χ4v) is 4.36. The number of ketones is 1. The molecule has 1 fully saturated rings. The molecule has 0 radical (unpaired) electrons. The topological polar surface area (TPSA) is 111 Å². The first-order chi connectivity index (χ1) is 15.1. The number of aromatic nitrogens is 1. The smallest absolute Gasteiger partial charge is 0.295 e. The molecule has 0 bridgehead atoms. The van der Waals surface area contributed by atoms with Crippen LogP contribution in [-0.2, 0) is 19.6 Å². The highest BCUT2D eigenvalue weighted by Gasteiger charge is 2.46. The molecule has 1 aromatic heterocycles. The van der Waals surface area contributed by atoms with Crippen molar-refractivity contribution in [3.8, 4) is 0 Å². The van der Waals surface area contributed by atoms with Gasteiger partial charge in [-0.1, -0.05) is 6.07 Å². The van der Waals surface area contributed by atoms with Gasteiger partial charge in [0.25, 0.3) is 11.7 Å². The SMILES string of the molecule is CN(C)CCN1C(=O)C(=O)C(=C(O)c2ccc(S(=O)(=O)N(C)C)cc2)C1c1cccnc1. The van der Waals surface area contributed by atoms with Crippen molar-refractivity contribution in [3.05, 3.63) is 65.5 Å². The van der Waals surface area contributed by atoms with Gasteiger partial charge < -0.3 is 14.9 Å². The average Bonchev–Trinajstić information content (AvgIpc) is 3.02. The van der Waals surface area contributed by atoms with Gasteiger partial charge in [-0.15, -0.1) is 0 Å². The van der Waals surface area contributed by atoms with Crippen LogP contribution < -0.4 is 0 Å². The van der Waals surface area contributed by atoms with Crippen LogP contribution in [-0.4, -0.2) is 85.6 Å². The summed E-state index contributed by atoms with van der Waals surface area (Å²) >= 11 is 0. The third-order valence-electron chi connectivity index (χ3n) is 5.23. The number of likely N-dealkylation sites (N-methyl/N-ethyl adjacent to an activating group) is 1. The van der Waals surface area contributed by atoms with Gasteiger partial charge in [-0.2, -0.15) is 0 Å². The first-order valence-corrected chi connectivity index (χ1v) is 11.4. The predicted molar refractivity (Wildman–Crippen MR) is 119 cm³/mol. The maximum absolute atomic E-state index is 12.9. The molecule has 1 saturated heterocycles. The lowest BCUT2D eigenvalue weighted by atomic mass is 9.96. The van der Waals surface area contributed by atoms with Crippen LogP contribution in [0.2, 0.25) is 0 Å². The molecular formula is C22H26N4O5S. The van der Waals surface area contributed by atoms with E-state index in [-0.39, 0.29) is 28.3 Å². The van der Waals surface area contributed by atoms with E-state index in [0.717, 1.165) is 4.31 Å². The van der Waals surface area contributed by atoms with Crippen LogP contribution in [0, 0.1) is 0 Å². The van der Waals surface area contributed by atoms with Crippen molar-refractivity contribution in [2.24, 2.45) is 0 Å². The Labute approximate surface area is 187 Å². The molecule has 1 unspecified atom stereocenters. The summed E-state index contributed by atoms with van der Waals surface area (Å²) < 4.78 is 25.7. The summed E-state index contributed by atoms with van der Waals surface area (Å²) in [6, 6.07) is 8.18. The molecule has 170 valence electrons. The minimum atomic E-state index is -3.64. The van der Waals surface area contributed by atoms with Gasteiger partial charge in [0, 0.05) is 45.1 Å². The molecule has 0 spiro atoms. The second-order valence-electron chi connectivity index (χ2n) is 7.89. The lowest BCUT2D eigenvalue weighted by Gasteiger charge is -2.26. The van der Waals surface area contributed by atoms with Gasteiger partial charge in [-0.25, -0.2) is 12.7 Å². The summed E-state index contributed by atoms with van der Waals surface area (Å²) in [5.41, 5.74) is 0.783. The number of pyridine rings is 1. The van der Waals surface area contributed by atoms with Crippen molar-refractivity contribution in [2.45, 2.75) is 10.9 Å². The molecule has 1 atom stereocenters. The molecule has 10 heteroatoms. The predicted octanol–water partition coefficient (Wildman–Crippen LogP) is 1.32. The van der Waals surface area contributed by atoms with E-state index in [0.29, 0.717) is 12.1 Å². The number of hydrogen-bond donors (Lipinski definition) is 1. The average molecular weight is 459 g/mol. The Morgan fingerprint density at radius 2 is 1.75 bits per heavy atom. The standard InChI is InChI=1S/C22H26N4O5S/c1-24(2)12-13-26-19(16-6-5-11-23-14-16)18(21(28)22(26)29)20(27)15-7-9-17(10-8-15)32(30,31)25(3)4/h5-11,14,19,27H,12-13H2,1-4H3. The minimum absolute atomic E-state index is 0.0503. The van der Waals surface area contributed by atoms with E-state index in [1.54, 1.807) is 24.5 Å². The maximum atomic E-state index is 12.9. The highest BCUT2D eigenvalue weighted by atomic mass is 32.2. The van der Waals surface area contributed by atoms with Crippen molar-refractivity contribution in [3.63, 3.8) is 0 Å². The summed E-state index contributed by atoms with van der Waals surface area (Å²) in [6.45, 7) is 0.814.